The van der Waals surface area contributed by atoms with Crippen LogP contribution in [-0.2, 0) is 4.74 Å². The molecule has 17 heavy (non-hydrogen) atoms. The van der Waals surface area contributed by atoms with E-state index in [0.29, 0.717) is 18.1 Å². The van der Waals surface area contributed by atoms with Crippen LogP contribution in [-0.4, -0.2) is 19.3 Å². The zero-order valence-corrected chi connectivity index (χ0v) is 12.0. The molecule has 2 rings (SSSR count). The molecule has 2 nitrogen and oxygen atoms in total. The highest BCUT2D eigenvalue weighted by atomic mass is 79.9. The van der Waals surface area contributed by atoms with Crippen LogP contribution in [0.4, 0.5) is 0 Å². The van der Waals surface area contributed by atoms with E-state index >= 15 is 0 Å². The number of halogens is 1. The lowest BCUT2D eigenvalue weighted by molar-refractivity contribution is 0.117. The van der Waals surface area contributed by atoms with Crippen molar-refractivity contribution < 1.29 is 4.74 Å². The summed E-state index contributed by atoms with van der Waals surface area (Å²) in [4.78, 5) is 0. The Kier molecular flexibility index (Phi) is 4.60. The first kappa shape index (κ1) is 13.1. The van der Waals surface area contributed by atoms with Crippen molar-refractivity contribution in [1.82, 2.24) is 5.32 Å². The van der Waals surface area contributed by atoms with Crippen molar-refractivity contribution in [3.05, 3.63) is 34.3 Å². The summed E-state index contributed by atoms with van der Waals surface area (Å²) < 4.78 is 6.82. The van der Waals surface area contributed by atoms with Crippen molar-refractivity contribution in [2.24, 2.45) is 5.92 Å². The monoisotopic (exact) mass is 297 g/mol. The smallest absolute Gasteiger partial charge is 0.0551 e. The fourth-order valence-corrected chi connectivity index (χ4v) is 2.79. The summed E-state index contributed by atoms with van der Waals surface area (Å²) in [5, 5.41) is 3.59. The first-order valence-corrected chi connectivity index (χ1v) is 7.10. The minimum absolute atomic E-state index is 0.400. The van der Waals surface area contributed by atoms with Gasteiger partial charge in [0.25, 0.3) is 0 Å². The van der Waals surface area contributed by atoms with Crippen molar-refractivity contribution in [3.8, 4) is 0 Å². The van der Waals surface area contributed by atoms with Crippen molar-refractivity contribution in [2.45, 2.75) is 32.4 Å². The molecule has 1 heterocycles. The molecule has 0 amide bonds. The molecule has 1 aliphatic heterocycles. The van der Waals surface area contributed by atoms with Gasteiger partial charge in [-0.25, -0.2) is 0 Å². The zero-order valence-electron chi connectivity index (χ0n) is 10.4. The first-order valence-electron chi connectivity index (χ1n) is 6.31. The molecular formula is C14H20BrNO. The van der Waals surface area contributed by atoms with E-state index in [1.165, 1.54) is 5.56 Å². The molecule has 0 saturated carbocycles. The highest BCUT2D eigenvalue weighted by Crippen LogP contribution is 2.32. The van der Waals surface area contributed by atoms with Gasteiger partial charge < -0.3 is 10.1 Å². The third kappa shape index (κ3) is 3.30. The standard InChI is InChI=1S/C14H20BrNO/c1-3-16-14(12-8-10(2)17-9-12)11-4-6-13(15)7-5-11/h4-7,10,12,14,16H,3,8-9H2,1-2H3. The van der Waals surface area contributed by atoms with Crippen LogP contribution in [0.25, 0.3) is 0 Å². The average Bonchev–Trinajstić information content (AvgIpc) is 2.74. The van der Waals surface area contributed by atoms with E-state index in [4.69, 9.17) is 4.74 Å². The molecule has 1 saturated heterocycles. The molecule has 0 bridgehead atoms. The van der Waals surface area contributed by atoms with Crippen molar-refractivity contribution in [2.75, 3.05) is 13.2 Å². The predicted molar refractivity (Wildman–Crippen MR) is 74.1 cm³/mol. The van der Waals surface area contributed by atoms with Gasteiger partial charge in [-0.3, -0.25) is 0 Å². The molecule has 0 aliphatic carbocycles. The average molecular weight is 298 g/mol. The van der Waals surface area contributed by atoms with Crippen LogP contribution >= 0.6 is 15.9 Å². The predicted octanol–water partition coefficient (Wildman–Crippen LogP) is 3.52. The zero-order chi connectivity index (χ0) is 12.3. The number of benzene rings is 1. The lowest BCUT2D eigenvalue weighted by atomic mass is 9.91. The molecule has 3 unspecified atom stereocenters. The van der Waals surface area contributed by atoms with Gasteiger partial charge in [0.1, 0.15) is 0 Å². The van der Waals surface area contributed by atoms with Crippen LogP contribution in [0.1, 0.15) is 31.9 Å². The van der Waals surface area contributed by atoms with Crippen LogP contribution in [0.3, 0.4) is 0 Å². The van der Waals surface area contributed by atoms with E-state index in [-0.39, 0.29) is 0 Å². The Morgan fingerprint density at radius 3 is 2.65 bits per heavy atom. The Morgan fingerprint density at radius 1 is 1.41 bits per heavy atom. The molecule has 3 heteroatoms. The van der Waals surface area contributed by atoms with E-state index in [9.17, 15) is 0 Å². The quantitative estimate of drug-likeness (QED) is 0.918. The fourth-order valence-electron chi connectivity index (χ4n) is 2.53. The van der Waals surface area contributed by atoms with Gasteiger partial charge in [-0.1, -0.05) is 35.0 Å². The van der Waals surface area contributed by atoms with Gasteiger partial charge in [0.15, 0.2) is 0 Å². The Bertz CT molecular complexity index is 352. The van der Waals surface area contributed by atoms with Crippen LogP contribution in [0.2, 0.25) is 0 Å². The Labute approximate surface area is 112 Å². The minimum Gasteiger partial charge on any atom is -0.378 e. The summed E-state index contributed by atoms with van der Waals surface area (Å²) in [6.45, 7) is 6.18. The Morgan fingerprint density at radius 2 is 2.12 bits per heavy atom. The highest BCUT2D eigenvalue weighted by molar-refractivity contribution is 9.10. The highest BCUT2D eigenvalue weighted by Gasteiger charge is 2.29. The molecule has 0 aromatic heterocycles. The van der Waals surface area contributed by atoms with Gasteiger partial charge in [0.2, 0.25) is 0 Å². The number of nitrogens with one attached hydrogen (secondary N) is 1. The number of hydrogen-bond donors (Lipinski definition) is 1. The van der Waals surface area contributed by atoms with Gasteiger partial charge >= 0.3 is 0 Å². The lowest BCUT2D eigenvalue weighted by Crippen LogP contribution is -2.28. The maximum atomic E-state index is 5.69. The normalized spacial score (nSPS) is 26.1. The lowest BCUT2D eigenvalue weighted by Gasteiger charge is -2.24. The second kappa shape index (κ2) is 5.98. The molecule has 94 valence electrons. The summed E-state index contributed by atoms with van der Waals surface area (Å²) in [5.41, 5.74) is 1.36. The maximum Gasteiger partial charge on any atom is 0.0551 e. The molecule has 1 fully saturated rings. The maximum absolute atomic E-state index is 5.69. The number of rotatable bonds is 4. The van der Waals surface area contributed by atoms with Gasteiger partial charge in [0.05, 0.1) is 12.7 Å². The third-order valence-corrected chi connectivity index (χ3v) is 3.88. The molecule has 0 spiro atoms. The molecule has 1 aromatic rings. The van der Waals surface area contributed by atoms with Crippen LogP contribution in [0, 0.1) is 5.92 Å². The molecule has 3 atom stereocenters. The molecule has 0 radical (unpaired) electrons. The molecule has 1 N–H and O–H groups in total. The molecule has 1 aliphatic rings. The van der Waals surface area contributed by atoms with E-state index in [1.54, 1.807) is 0 Å². The largest absolute Gasteiger partial charge is 0.378 e. The molecule has 1 aromatic carbocycles. The van der Waals surface area contributed by atoms with Gasteiger partial charge in [-0.2, -0.15) is 0 Å². The van der Waals surface area contributed by atoms with E-state index < -0.39 is 0 Å². The Hall–Kier alpha value is -0.380. The van der Waals surface area contributed by atoms with Crippen LogP contribution in [0.15, 0.2) is 28.7 Å². The molecular weight excluding hydrogens is 278 g/mol. The topological polar surface area (TPSA) is 21.3 Å². The summed E-state index contributed by atoms with van der Waals surface area (Å²) in [5.74, 6) is 0.589. The van der Waals surface area contributed by atoms with E-state index in [0.717, 1.165) is 24.0 Å². The third-order valence-electron chi connectivity index (χ3n) is 3.35. The van der Waals surface area contributed by atoms with Crippen molar-refractivity contribution in [1.29, 1.82) is 0 Å². The first-order chi connectivity index (χ1) is 8.20. The summed E-state index contributed by atoms with van der Waals surface area (Å²) in [6.07, 6.45) is 1.55. The summed E-state index contributed by atoms with van der Waals surface area (Å²) in [6, 6.07) is 9.02. The summed E-state index contributed by atoms with van der Waals surface area (Å²) >= 11 is 3.48. The van der Waals surface area contributed by atoms with Gasteiger partial charge in [-0.15, -0.1) is 0 Å². The van der Waals surface area contributed by atoms with Gasteiger partial charge in [-0.05, 0) is 37.6 Å². The SMILES string of the molecule is CCNC(c1ccc(Br)cc1)C1COC(C)C1. The fraction of sp³-hybridized carbons (Fsp3) is 0.571. The minimum atomic E-state index is 0.400. The number of ether oxygens (including phenoxy) is 1. The summed E-state index contributed by atoms with van der Waals surface area (Å²) in [7, 11) is 0. The van der Waals surface area contributed by atoms with Crippen LogP contribution < -0.4 is 5.32 Å². The van der Waals surface area contributed by atoms with E-state index in [1.807, 2.05) is 0 Å². The van der Waals surface area contributed by atoms with E-state index in [2.05, 4.69) is 59.4 Å². The number of hydrogen-bond acceptors (Lipinski definition) is 2. The van der Waals surface area contributed by atoms with Crippen LogP contribution in [0.5, 0.6) is 0 Å². The second-order valence-electron chi connectivity index (χ2n) is 4.73. The van der Waals surface area contributed by atoms with Crippen molar-refractivity contribution in [3.63, 3.8) is 0 Å². The van der Waals surface area contributed by atoms with Gasteiger partial charge in [0, 0.05) is 16.4 Å². The Balaban J connectivity index is 2.13. The van der Waals surface area contributed by atoms with Crippen molar-refractivity contribution >= 4 is 15.9 Å². The second-order valence-corrected chi connectivity index (χ2v) is 5.64.